The molecule has 0 aromatic heterocycles. The molecule has 2 rings (SSSR count). The third-order valence-corrected chi connectivity index (χ3v) is 4.68. The van der Waals surface area contributed by atoms with Crippen LogP contribution in [0.2, 0.25) is 5.02 Å². The molecule has 0 saturated carbocycles. The van der Waals surface area contributed by atoms with Crippen LogP contribution in [0.25, 0.3) is 0 Å². The first kappa shape index (κ1) is 19.1. The molecule has 0 aliphatic rings. The highest BCUT2D eigenvalue weighted by atomic mass is 35.5. The molecule has 134 valence electrons. The summed E-state index contributed by atoms with van der Waals surface area (Å²) >= 11 is 5.75. The maximum Gasteiger partial charge on any atom is 0.232 e. The standard InChI is InChI=1S/C16H15ClF2N2O3S/c1-25(23,24)21(15-7-4-12(18)10-14(15)19)9-8-16(22)20-13-5-2-11(17)3-6-13/h2-7,10H,8-9H2,1H3,(H,20,22). The summed E-state index contributed by atoms with van der Waals surface area (Å²) in [6.07, 6.45) is 0.666. The van der Waals surface area contributed by atoms with Crippen LogP contribution in [0, 0.1) is 11.6 Å². The van der Waals surface area contributed by atoms with Gasteiger partial charge in [-0.3, -0.25) is 9.10 Å². The quantitative estimate of drug-likeness (QED) is 0.824. The van der Waals surface area contributed by atoms with Crippen molar-refractivity contribution in [3.63, 3.8) is 0 Å². The minimum Gasteiger partial charge on any atom is -0.326 e. The monoisotopic (exact) mass is 388 g/mol. The zero-order valence-corrected chi connectivity index (χ0v) is 14.7. The van der Waals surface area contributed by atoms with Crippen molar-refractivity contribution in [3.05, 3.63) is 59.1 Å². The van der Waals surface area contributed by atoms with E-state index in [9.17, 15) is 22.0 Å². The molecule has 25 heavy (non-hydrogen) atoms. The first-order valence-electron chi connectivity index (χ1n) is 7.15. The second-order valence-corrected chi connectivity index (χ2v) is 7.58. The van der Waals surface area contributed by atoms with Gasteiger partial charge in [-0.2, -0.15) is 0 Å². The lowest BCUT2D eigenvalue weighted by Crippen LogP contribution is -2.33. The van der Waals surface area contributed by atoms with Gasteiger partial charge in [0.15, 0.2) is 0 Å². The van der Waals surface area contributed by atoms with Crippen LogP contribution in [0.1, 0.15) is 6.42 Å². The van der Waals surface area contributed by atoms with Crippen molar-refractivity contribution in [2.24, 2.45) is 0 Å². The predicted molar refractivity (Wildman–Crippen MR) is 93.2 cm³/mol. The maximum atomic E-state index is 13.9. The highest BCUT2D eigenvalue weighted by Gasteiger charge is 2.22. The van der Waals surface area contributed by atoms with Crippen molar-refractivity contribution >= 4 is 38.9 Å². The summed E-state index contributed by atoms with van der Waals surface area (Å²) in [5.74, 6) is -2.31. The number of hydrogen-bond acceptors (Lipinski definition) is 3. The molecule has 0 radical (unpaired) electrons. The molecule has 2 aromatic rings. The SMILES string of the molecule is CS(=O)(=O)N(CCC(=O)Nc1ccc(Cl)cc1)c1ccc(F)cc1F. The summed E-state index contributed by atoms with van der Waals surface area (Å²) in [7, 11) is -3.85. The molecule has 2 aromatic carbocycles. The molecule has 0 saturated heterocycles. The lowest BCUT2D eigenvalue weighted by Gasteiger charge is -2.22. The van der Waals surface area contributed by atoms with Gasteiger partial charge < -0.3 is 5.32 Å². The average Bonchev–Trinajstić information content (AvgIpc) is 2.50. The summed E-state index contributed by atoms with van der Waals surface area (Å²) in [6.45, 7) is -0.291. The van der Waals surface area contributed by atoms with Crippen LogP contribution in [0.3, 0.4) is 0 Å². The Kier molecular flexibility index (Phi) is 5.97. The Labute approximate surface area is 149 Å². The Bertz CT molecular complexity index is 873. The lowest BCUT2D eigenvalue weighted by atomic mass is 10.2. The van der Waals surface area contributed by atoms with Gasteiger partial charge in [0, 0.05) is 29.7 Å². The van der Waals surface area contributed by atoms with Gasteiger partial charge in [-0.25, -0.2) is 17.2 Å². The molecule has 5 nitrogen and oxygen atoms in total. The third-order valence-electron chi connectivity index (χ3n) is 3.25. The topological polar surface area (TPSA) is 66.5 Å². The first-order valence-corrected chi connectivity index (χ1v) is 9.37. The predicted octanol–water partition coefficient (Wildman–Crippen LogP) is 3.41. The number of hydrogen-bond donors (Lipinski definition) is 1. The zero-order chi connectivity index (χ0) is 18.6. The minimum atomic E-state index is -3.85. The number of benzene rings is 2. The molecule has 0 bridgehead atoms. The molecule has 0 aliphatic carbocycles. The molecular formula is C16H15ClF2N2O3S. The summed E-state index contributed by atoms with van der Waals surface area (Å²) in [5, 5.41) is 3.09. The lowest BCUT2D eigenvalue weighted by molar-refractivity contribution is -0.116. The number of carbonyl (C=O) groups excluding carboxylic acids is 1. The smallest absolute Gasteiger partial charge is 0.232 e. The van der Waals surface area contributed by atoms with E-state index in [0.29, 0.717) is 16.8 Å². The second-order valence-electron chi connectivity index (χ2n) is 5.24. The van der Waals surface area contributed by atoms with Gasteiger partial charge >= 0.3 is 0 Å². The minimum absolute atomic E-state index is 0.216. The maximum absolute atomic E-state index is 13.9. The van der Waals surface area contributed by atoms with Gasteiger partial charge in [-0.05, 0) is 36.4 Å². The number of rotatable bonds is 6. The highest BCUT2D eigenvalue weighted by Crippen LogP contribution is 2.23. The van der Waals surface area contributed by atoms with E-state index in [1.54, 1.807) is 24.3 Å². The molecule has 0 aliphatic heterocycles. The van der Waals surface area contributed by atoms with E-state index in [1.807, 2.05) is 0 Å². The van der Waals surface area contributed by atoms with Gasteiger partial charge in [-0.15, -0.1) is 0 Å². The van der Waals surface area contributed by atoms with Crippen LogP contribution in [-0.2, 0) is 14.8 Å². The molecule has 1 N–H and O–H groups in total. The number of nitrogens with zero attached hydrogens (tertiary/aromatic N) is 1. The number of anilines is 2. The van der Waals surface area contributed by atoms with Gasteiger partial charge in [0.2, 0.25) is 15.9 Å². The fourth-order valence-corrected chi connectivity index (χ4v) is 3.16. The Morgan fingerprint density at radius 2 is 1.80 bits per heavy atom. The van der Waals surface area contributed by atoms with Gasteiger partial charge in [0.05, 0.1) is 11.9 Å². The molecule has 9 heteroatoms. The van der Waals surface area contributed by atoms with Crippen molar-refractivity contribution in [1.82, 2.24) is 0 Å². The number of amides is 1. The van der Waals surface area contributed by atoms with E-state index in [2.05, 4.69) is 5.32 Å². The Morgan fingerprint density at radius 1 is 1.16 bits per heavy atom. The second kappa shape index (κ2) is 7.79. The molecule has 0 unspecified atom stereocenters. The summed E-state index contributed by atoms with van der Waals surface area (Å²) < 4.78 is 51.4. The van der Waals surface area contributed by atoms with Crippen molar-refractivity contribution < 1.29 is 22.0 Å². The van der Waals surface area contributed by atoms with Crippen molar-refractivity contribution in [2.45, 2.75) is 6.42 Å². The number of nitrogens with one attached hydrogen (secondary N) is 1. The van der Waals surface area contributed by atoms with Gasteiger partial charge in [-0.1, -0.05) is 11.6 Å². The molecule has 1 amide bonds. The summed E-state index contributed by atoms with van der Waals surface area (Å²) in [4.78, 5) is 12.0. The highest BCUT2D eigenvalue weighted by molar-refractivity contribution is 7.92. The fraction of sp³-hybridized carbons (Fsp3) is 0.188. The van der Waals surface area contributed by atoms with Crippen LogP contribution in [-0.4, -0.2) is 27.1 Å². The van der Waals surface area contributed by atoms with Crippen LogP contribution in [0.15, 0.2) is 42.5 Å². The Morgan fingerprint density at radius 3 is 2.36 bits per heavy atom. The molecular weight excluding hydrogens is 374 g/mol. The van der Waals surface area contributed by atoms with Crippen LogP contribution in [0.5, 0.6) is 0 Å². The fourth-order valence-electron chi connectivity index (χ4n) is 2.11. The molecule has 0 atom stereocenters. The zero-order valence-electron chi connectivity index (χ0n) is 13.2. The molecule has 0 heterocycles. The van der Waals surface area contributed by atoms with Gasteiger partial charge in [0.1, 0.15) is 11.6 Å². The van der Waals surface area contributed by atoms with E-state index >= 15 is 0 Å². The van der Waals surface area contributed by atoms with E-state index in [1.165, 1.54) is 0 Å². The summed E-state index contributed by atoms with van der Waals surface area (Å²) in [5.41, 5.74) is 0.177. The Balaban J connectivity index is 2.10. The number of carbonyl (C=O) groups is 1. The van der Waals surface area contributed by atoms with Crippen molar-refractivity contribution in [2.75, 3.05) is 22.4 Å². The van der Waals surface area contributed by atoms with Crippen LogP contribution < -0.4 is 9.62 Å². The van der Waals surface area contributed by atoms with Gasteiger partial charge in [0.25, 0.3) is 0 Å². The largest absolute Gasteiger partial charge is 0.326 e. The van der Waals surface area contributed by atoms with Crippen molar-refractivity contribution in [3.8, 4) is 0 Å². The van der Waals surface area contributed by atoms with Crippen LogP contribution in [0.4, 0.5) is 20.2 Å². The number of halogens is 3. The van der Waals surface area contributed by atoms with E-state index in [-0.39, 0.29) is 18.7 Å². The van der Waals surface area contributed by atoms with E-state index < -0.39 is 27.6 Å². The number of sulfonamides is 1. The van der Waals surface area contributed by atoms with Crippen molar-refractivity contribution in [1.29, 1.82) is 0 Å². The van der Waals surface area contributed by atoms with E-state index in [0.717, 1.165) is 22.7 Å². The average molecular weight is 389 g/mol. The normalized spacial score (nSPS) is 11.2. The molecule has 0 fully saturated rings. The molecule has 0 spiro atoms. The first-order chi connectivity index (χ1) is 11.7. The summed E-state index contributed by atoms with van der Waals surface area (Å²) in [6, 6.07) is 8.92. The third kappa shape index (κ3) is 5.40. The van der Waals surface area contributed by atoms with E-state index in [4.69, 9.17) is 11.6 Å². The Hall–Kier alpha value is -2.19. The van der Waals surface area contributed by atoms with Crippen LogP contribution >= 0.6 is 11.6 Å².